The Morgan fingerprint density at radius 2 is 2.07 bits per heavy atom. The van der Waals surface area contributed by atoms with Crippen molar-refractivity contribution in [3.63, 3.8) is 0 Å². The second-order valence-corrected chi connectivity index (χ2v) is 4.72. The first-order valence-corrected chi connectivity index (χ1v) is 5.82. The molecule has 2 nitrogen and oxygen atoms in total. The third-order valence-corrected chi connectivity index (χ3v) is 3.31. The summed E-state index contributed by atoms with van der Waals surface area (Å²) in [6, 6.07) is 5.39. The highest BCUT2D eigenvalue weighted by Gasteiger charge is 2.25. The lowest BCUT2D eigenvalue weighted by molar-refractivity contribution is 0.172. The van der Waals surface area contributed by atoms with Gasteiger partial charge >= 0.3 is 0 Å². The monoisotopic (exact) mass is 245 g/mol. The summed E-state index contributed by atoms with van der Waals surface area (Å²) in [7, 11) is 0. The Morgan fingerprint density at radius 3 is 2.73 bits per heavy atom. The van der Waals surface area contributed by atoms with Crippen molar-refractivity contribution in [1.82, 2.24) is 0 Å². The minimum absolute atomic E-state index is 0.0981. The summed E-state index contributed by atoms with van der Waals surface area (Å²) < 4.78 is 0. The average Bonchev–Trinajstić information content (AvgIpc) is 2.58. The summed E-state index contributed by atoms with van der Waals surface area (Å²) in [6.45, 7) is 0. The Bertz CT molecular complexity index is 356. The van der Waals surface area contributed by atoms with E-state index in [0.29, 0.717) is 10.0 Å². The van der Waals surface area contributed by atoms with Gasteiger partial charge in [0, 0.05) is 5.02 Å². The van der Waals surface area contributed by atoms with E-state index >= 15 is 0 Å². The van der Waals surface area contributed by atoms with Gasteiger partial charge in [0.25, 0.3) is 0 Å². The van der Waals surface area contributed by atoms with Gasteiger partial charge < -0.3 is 10.4 Å². The molecule has 0 bridgehead atoms. The van der Waals surface area contributed by atoms with Crippen LogP contribution in [-0.2, 0) is 0 Å². The molecule has 0 aliphatic heterocycles. The van der Waals surface area contributed by atoms with E-state index in [2.05, 4.69) is 5.32 Å². The van der Waals surface area contributed by atoms with Crippen molar-refractivity contribution in [2.24, 2.45) is 0 Å². The molecule has 2 atom stereocenters. The maximum atomic E-state index is 9.67. The molecule has 0 aromatic heterocycles. The first kappa shape index (κ1) is 11.1. The molecule has 2 rings (SSSR count). The normalized spacial score (nSPS) is 25.5. The van der Waals surface area contributed by atoms with E-state index in [1.165, 1.54) is 0 Å². The Balaban J connectivity index is 2.12. The highest BCUT2D eigenvalue weighted by molar-refractivity contribution is 6.35. The molecule has 0 heterocycles. The van der Waals surface area contributed by atoms with E-state index in [4.69, 9.17) is 23.2 Å². The molecule has 82 valence electrons. The van der Waals surface area contributed by atoms with Gasteiger partial charge in [0.1, 0.15) is 0 Å². The zero-order valence-corrected chi connectivity index (χ0v) is 9.72. The van der Waals surface area contributed by atoms with Gasteiger partial charge in [0.2, 0.25) is 0 Å². The zero-order chi connectivity index (χ0) is 10.8. The van der Waals surface area contributed by atoms with E-state index in [0.717, 1.165) is 24.9 Å². The molecule has 1 saturated carbocycles. The van der Waals surface area contributed by atoms with Gasteiger partial charge in [-0.05, 0) is 37.5 Å². The molecular formula is C11H13Cl2NO. The Kier molecular flexibility index (Phi) is 3.39. The summed E-state index contributed by atoms with van der Waals surface area (Å²) in [5.41, 5.74) is 0.801. The van der Waals surface area contributed by atoms with Gasteiger partial charge in [-0.1, -0.05) is 23.2 Å². The third kappa shape index (κ3) is 2.57. The van der Waals surface area contributed by atoms with Crippen molar-refractivity contribution in [2.75, 3.05) is 5.32 Å². The number of aliphatic hydroxyl groups is 1. The quantitative estimate of drug-likeness (QED) is 0.838. The van der Waals surface area contributed by atoms with Gasteiger partial charge in [-0.25, -0.2) is 0 Å². The van der Waals surface area contributed by atoms with Crippen LogP contribution < -0.4 is 5.32 Å². The summed E-state index contributed by atoms with van der Waals surface area (Å²) in [5.74, 6) is 0. The molecule has 1 aliphatic carbocycles. The van der Waals surface area contributed by atoms with Gasteiger partial charge in [-0.15, -0.1) is 0 Å². The molecule has 0 saturated heterocycles. The van der Waals surface area contributed by atoms with Crippen molar-refractivity contribution in [1.29, 1.82) is 0 Å². The second kappa shape index (κ2) is 4.60. The summed E-state index contributed by atoms with van der Waals surface area (Å²) in [6.07, 6.45) is 2.61. The van der Waals surface area contributed by atoms with Crippen LogP contribution >= 0.6 is 23.2 Å². The smallest absolute Gasteiger partial charge is 0.0741 e. The first-order valence-electron chi connectivity index (χ1n) is 5.06. The van der Waals surface area contributed by atoms with E-state index in [-0.39, 0.29) is 12.1 Å². The Morgan fingerprint density at radius 1 is 1.27 bits per heavy atom. The van der Waals surface area contributed by atoms with Crippen LogP contribution in [0.2, 0.25) is 10.0 Å². The lowest BCUT2D eigenvalue weighted by atomic mass is 10.2. The number of hydrogen-bond donors (Lipinski definition) is 2. The molecule has 0 unspecified atom stereocenters. The van der Waals surface area contributed by atoms with Crippen LogP contribution in [0.3, 0.4) is 0 Å². The number of benzene rings is 1. The fourth-order valence-corrected chi connectivity index (χ4v) is 2.26. The van der Waals surface area contributed by atoms with Crippen LogP contribution in [0.4, 0.5) is 5.69 Å². The number of nitrogens with one attached hydrogen (secondary N) is 1. The SMILES string of the molecule is O[C@@H]1CCC[C@H]1Nc1cc(Cl)ccc1Cl. The lowest BCUT2D eigenvalue weighted by Crippen LogP contribution is -2.27. The molecule has 1 aliphatic rings. The summed E-state index contributed by atoms with van der Waals surface area (Å²) >= 11 is 11.9. The standard InChI is InChI=1S/C11H13Cl2NO/c12-7-4-5-8(13)10(6-7)14-9-2-1-3-11(9)15/h4-6,9,11,14-15H,1-3H2/t9-,11-/m1/s1. The first-order chi connectivity index (χ1) is 7.16. The topological polar surface area (TPSA) is 32.3 Å². The van der Waals surface area contributed by atoms with Crippen LogP contribution in [0.15, 0.2) is 18.2 Å². The Hall–Kier alpha value is -0.440. The van der Waals surface area contributed by atoms with Gasteiger partial charge in [-0.3, -0.25) is 0 Å². The predicted molar refractivity (Wildman–Crippen MR) is 63.7 cm³/mol. The van der Waals surface area contributed by atoms with Crippen LogP contribution in [0.5, 0.6) is 0 Å². The second-order valence-electron chi connectivity index (χ2n) is 3.87. The lowest BCUT2D eigenvalue weighted by Gasteiger charge is -2.18. The summed E-state index contributed by atoms with van der Waals surface area (Å²) in [5, 5.41) is 14.2. The van der Waals surface area contributed by atoms with E-state index in [9.17, 15) is 5.11 Å². The predicted octanol–water partition coefficient (Wildman–Crippen LogP) is 3.32. The molecule has 1 fully saturated rings. The van der Waals surface area contributed by atoms with Crippen LogP contribution in [-0.4, -0.2) is 17.3 Å². The molecular weight excluding hydrogens is 233 g/mol. The van der Waals surface area contributed by atoms with Gasteiger partial charge in [0.15, 0.2) is 0 Å². The minimum atomic E-state index is -0.278. The zero-order valence-electron chi connectivity index (χ0n) is 8.21. The molecule has 4 heteroatoms. The molecule has 0 radical (unpaired) electrons. The maximum absolute atomic E-state index is 9.67. The van der Waals surface area contributed by atoms with E-state index in [1.807, 2.05) is 0 Å². The molecule has 1 aromatic carbocycles. The Labute approximate surface area is 99.2 Å². The summed E-state index contributed by atoms with van der Waals surface area (Å²) in [4.78, 5) is 0. The molecule has 1 aromatic rings. The van der Waals surface area contributed by atoms with Crippen molar-refractivity contribution in [3.8, 4) is 0 Å². The highest BCUT2D eigenvalue weighted by Crippen LogP contribution is 2.29. The highest BCUT2D eigenvalue weighted by atomic mass is 35.5. The fraction of sp³-hybridized carbons (Fsp3) is 0.455. The van der Waals surface area contributed by atoms with Crippen molar-refractivity contribution < 1.29 is 5.11 Å². The van der Waals surface area contributed by atoms with Crippen LogP contribution in [0, 0.1) is 0 Å². The fourth-order valence-electron chi connectivity index (χ4n) is 1.92. The van der Waals surface area contributed by atoms with Crippen molar-refractivity contribution >= 4 is 28.9 Å². The molecule has 15 heavy (non-hydrogen) atoms. The van der Waals surface area contributed by atoms with E-state index in [1.54, 1.807) is 18.2 Å². The van der Waals surface area contributed by atoms with Crippen molar-refractivity contribution in [3.05, 3.63) is 28.2 Å². The number of aliphatic hydroxyl groups excluding tert-OH is 1. The average molecular weight is 246 g/mol. The maximum Gasteiger partial charge on any atom is 0.0741 e. The van der Waals surface area contributed by atoms with Gasteiger partial charge in [-0.2, -0.15) is 0 Å². The molecule has 2 N–H and O–H groups in total. The number of hydrogen-bond acceptors (Lipinski definition) is 2. The van der Waals surface area contributed by atoms with Gasteiger partial charge in [0.05, 0.1) is 22.9 Å². The molecule has 0 amide bonds. The van der Waals surface area contributed by atoms with Crippen molar-refractivity contribution in [2.45, 2.75) is 31.4 Å². The van der Waals surface area contributed by atoms with E-state index < -0.39 is 0 Å². The number of halogens is 2. The number of rotatable bonds is 2. The minimum Gasteiger partial charge on any atom is -0.391 e. The third-order valence-electron chi connectivity index (χ3n) is 2.75. The number of anilines is 1. The van der Waals surface area contributed by atoms with Crippen LogP contribution in [0.1, 0.15) is 19.3 Å². The largest absolute Gasteiger partial charge is 0.391 e. The van der Waals surface area contributed by atoms with Crippen LogP contribution in [0.25, 0.3) is 0 Å². The molecule has 0 spiro atoms.